The van der Waals surface area contributed by atoms with Crippen LogP contribution in [0.15, 0.2) is 48.5 Å². The standard InChI is InChI=1S/C20H23N3O2/c1-14-9-10-17(22-20(25)15-6-3-2-4-7-15)12-18(14)23-19(24)13-16-8-5-11-21-16/h2-4,6-7,9-10,12,16,21H,5,8,11,13H2,1H3,(H,22,25)(H,23,24). The zero-order chi connectivity index (χ0) is 17.6. The summed E-state index contributed by atoms with van der Waals surface area (Å²) in [6.07, 6.45) is 2.64. The molecule has 2 aromatic carbocycles. The molecule has 0 spiro atoms. The summed E-state index contributed by atoms with van der Waals surface area (Å²) in [6.45, 7) is 2.92. The molecule has 2 aromatic rings. The molecular formula is C20H23N3O2. The van der Waals surface area contributed by atoms with E-state index >= 15 is 0 Å². The van der Waals surface area contributed by atoms with Crippen LogP contribution in [-0.4, -0.2) is 24.4 Å². The quantitative estimate of drug-likeness (QED) is 0.784. The van der Waals surface area contributed by atoms with Gasteiger partial charge in [0, 0.05) is 29.4 Å². The summed E-state index contributed by atoms with van der Waals surface area (Å²) in [4.78, 5) is 24.5. The van der Waals surface area contributed by atoms with Gasteiger partial charge < -0.3 is 16.0 Å². The minimum atomic E-state index is -0.170. The number of aryl methyl sites for hydroxylation is 1. The molecule has 25 heavy (non-hydrogen) atoms. The largest absolute Gasteiger partial charge is 0.326 e. The van der Waals surface area contributed by atoms with Gasteiger partial charge in [0.05, 0.1) is 0 Å². The summed E-state index contributed by atoms with van der Waals surface area (Å²) < 4.78 is 0. The second kappa shape index (κ2) is 7.94. The van der Waals surface area contributed by atoms with Crippen LogP contribution >= 0.6 is 0 Å². The Morgan fingerprint density at radius 1 is 1.12 bits per heavy atom. The molecule has 1 fully saturated rings. The molecule has 3 rings (SSSR count). The van der Waals surface area contributed by atoms with Crippen molar-refractivity contribution in [3.63, 3.8) is 0 Å². The van der Waals surface area contributed by atoms with Crippen LogP contribution in [-0.2, 0) is 4.79 Å². The number of carbonyl (C=O) groups excluding carboxylic acids is 2. The van der Waals surface area contributed by atoms with Gasteiger partial charge in [-0.25, -0.2) is 0 Å². The average Bonchev–Trinajstić information content (AvgIpc) is 3.11. The van der Waals surface area contributed by atoms with Crippen molar-refractivity contribution in [3.05, 3.63) is 59.7 Å². The van der Waals surface area contributed by atoms with Crippen LogP contribution in [0.3, 0.4) is 0 Å². The molecule has 2 amide bonds. The van der Waals surface area contributed by atoms with E-state index in [9.17, 15) is 9.59 Å². The minimum Gasteiger partial charge on any atom is -0.326 e. The molecule has 0 saturated carbocycles. The van der Waals surface area contributed by atoms with Gasteiger partial charge in [-0.1, -0.05) is 24.3 Å². The van der Waals surface area contributed by atoms with Gasteiger partial charge in [0.2, 0.25) is 5.91 Å². The normalized spacial score (nSPS) is 16.4. The highest BCUT2D eigenvalue weighted by molar-refractivity contribution is 6.04. The molecule has 0 bridgehead atoms. The summed E-state index contributed by atoms with van der Waals surface area (Å²) >= 11 is 0. The van der Waals surface area contributed by atoms with Crippen LogP contribution in [0.1, 0.15) is 35.2 Å². The Morgan fingerprint density at radius 3 is 2.64 bits per heavy atom. The van der Waals surface area contributed by atoms with Gasteiger partial charge in [0.15, 0.2) is 0 Å². The first kappa shape index (κ1) is 17.2. The highest BCUT2D eigenvalue weighted by Crippen LogP contribution is 2.21. The lowest BCUT2D eigenvalue weighted by atomic mass is 10.1. The molecule has 0 aliphatic carbocycles. The topological polar surface area (TPSA) is 70.2 Å². The Bertz CT molecular complexity index is 753. The lowest BCUT2D eigenvalue weighted by Crippen LogP contribution is -2.27. The number of nitrogens with one attached hydrogen (secondary N) is 3. The zero-order valence-corrected chi connectivity index (χ0v) is 14.3. The fourth-order valence-electron chi connectivity index (χ4n) is 2.98. The van der Waals surface area contributed by atoms with Crippen molar-refractivity contribution in [2.45, 2.75) is 32.2 Å². The number of anilines is 2. The van der Waals surface area contributed by atoms with Crippen molar-refractivity contribution < 1.29 is 9.59 Å². The Morgan fingerprint density at radius 2 is 1.92 bits per heavy atom. The average molecular weight is 337 g/mol. The summed E-state index contributed by atoms with van der Waals surface area (Å²) in [6, 6.07) is 14.8. The molecule has 3 N–H and O–H groups in total. The van der Waals surface area contributed by atoms with E-state index in [2.05, 4.69) is 16.0 Å². The highest BCUT2D eigenvalue weighted by Gasteiger charge is 2.18. The van der Waals surface area contributed by atoms with E-state index in [4.69, 9.17) is 0 Å². The molecule has 130 valence electrons. The highest BCUT2D eigenvalue weighted by atomic mass is 16.2. The molecule has 5 nitrogen and oxygen atoms in total. The van der Waals surface area contributed by atoms with Gasteiger partial charge in [-0.2, -0.15) is 0 Å². The number of hydrogen-bond acceptors (Lipinski definition) is 3. The van der Waals surface area contributed by atoms with Crippen molar-refractivity contribution in [1.29, 1.82) is 0 Å². The molecule has 1 heterocycles. The van der Waals surface area contributed by atoms with Gasteiger partial charge >= 0.3 is 0 Å². The molecule has 1 saturated heterocycles. The van der Waals surface area contributed by atoms with Crippen LogP contribution in [0.25, 0.3) is 0 Å². The first-order chi connectivity index (χ1) is 12.1. The second-order valence-electron chi connectivity index (χ2n) is 6.40. The molecule has 1 atom stereocenters. The Balaban J connectivity index is 1.65. The molecule has 1 aliphatic heterocycles. The second-order valence-corrected chi connectivity index (χ2v) is 6.40. The molecule has 0 radical (unpaired) electrons. The maximum absolute atomic E-state index is 12.3. The van der Waals surface area contributed by atoms with Crippen LogP contribution < -0.4 is 16.0 Å². The molecule has 5 heteroatoms. The minimum absolute atomic E-state index is 0.00552. The third-order valence-corrected chi connectivity index (χ3v) is 4.40. The monoisotopic (exact) mass is 337 g/mol. The van der Waals surface area contributed by atoms with E-state index in [-0.39, 0.29) is 17.9 Å². The lowest BCUT2D eigenvalue weighted by molar-refractivity contribution is -0.116. The van der Waals surface area contributed by atoms with Gasteiger partial charge in [-0.3, -0.25) is 9.59 Å². The lowest BCUT2D eigenvalue weighted by Gasteiger charge is -2.14. The summed E-state index contributed by atoms with van der Waals surface area (Å²) in [5.74, 6) is -0.175. The summed E-state index contributed by atoms with van der Waals surface area (Å²) in [7, 11) is 0. The summed E-state index contributed by atoms with van der Waals surface area (Å²) in [5, 5.41) is 9.16. The van der Waals surface area contributed by atoms with Crippen molar-refractivity contribution >= 4 is 23.2 Å². The van der Waals surface area contributed by atoms with E-state index in [1.807, 2.05) is 37.3 Å². The Labute approximate surface area is 147 Å². The van der Waals surface area contributed by atoms with E-state index in [1.54, 1.807) is 18.2 Å². The number of rotatable bonds is 5. The number of benzene rings is 2. The van der Waals surface area contributed by atoms with Gasteiger partial charge in [0.25, 0.3) is 5.91 Å². The van der Waals surface area contributed by atoms with Gasteiger partial charge in [0.1, 0.15) is 0 Å². The predicted molar refractivity (Wildman–Crippen MR) is 99.8 cm³/mol. The smallest absolute Gasteiger partial charge is 0.255 e. The Kier molecular flexibility index (Phi) is 5.46. The molecule has 1 unspecified atom stereocenters. The van der Waals surface area contributed by atoms with Crippen LogP contribution in [0.4, 0.5) is 11.4 Å². The van der Waals surface area contributed by atoms with Gasteiger partial charge in [-0.15, -0.1) is 0 Å². The third-order valence-electron chi connectivity index (χ3n) is 4.40. The maximum Gasteiger partial charge on any atom is 0.255 e. The van der Waals surface area contributed by atoms with Crippen LogP contribution in [0.5, 0.6) is 0 Å². The van der Waals surface area contributed by atoms with Crippen molar-refractivity contribution in [3.8, 4) is 0 Å². The predicted octanol–water partition coefficient (Wildman–Crippen LogP) is 3.33. The van der Waals surface area contributed by atoms with Crippen molar-refractivity contribution in [2.75, 3.05) is 17.2 Å². The van der Waals surface area contributed by atoms with E-state index in [1.165, 1.54) is 0 Å². The first-order valence-electron chi connectivity index (χ1n) is 8.62. The summed E-state index contributed by atoms with van der Waals surface area (Å²) in [5.41, 5.74) is 2.95. The molecule has 0 aromatic heterocycles. The number of amides is 2. The number of carbonyl (C=O) groups is 2. The van der Waals surface area contributed by atoms with Gasteiger partial charge in [-0.05, 0) is 56.1 Å². The fourth-order valence-corrected chi connectivity index (χ4v) is 2.98. The van der Waals surface area contributed by atoms with Crippen LogP contribution in [0, 0.1) is 6.92 Å². The van der Waals surface area contributed by atoms with E-state index < -0.39 is 0 Å². The van der Waals surface area contributed by atoms with E-state index in [0.717, 1.165) is 30.6 Å². The number of hydrogen-bond donors (Lipinski definition) is 3. The van der Waals surface area contributed by atoms with Crippen molar-refractivity contribution in [2.24, 2.45) is 0 Å². The maximum atomic E-state index is 12.3. The zero-order valence-electron chi connectivity index (χ0n) is 14.3. The third kappa shape index (κ3) is 4.67. The first-order valence-corrected chi connectivity index (χ1v) is 8.62. The Hall–Kier alpha value is -2.66. The van der Waals surface area contributed by atoms with Crippen LogP contribution in [0.2, 0.25) is 0 Å². The fraction of sp³-hybridized carbons (Fsp3) is 0.300. The molecular weight excluding hydrogens is 314 g/mol. The van der Waals surface area contributed by atoms with E-state index in [0.29, 0.717) is 17.7 Å². The van der Waals surface area contributed by atoms with Crippen molar-refractivity contribution in [1.82, 2.24) is 5.32 Å². The SMILES string of the molecule is Cc1ccc(NC(=O)c2ccccc2)cc1NC(=O)CC1CCCN1. The molecule has 1 aliphatic rings.